The second-order valence-electron chi connectivity index (χ2n) is 6.38. The van der Waals surface area contributed by atoms with Gasteiger partial charge in [-0.25, -0.2) is 4.98 Å². The minimum absolute atomic E-state index is 0.164. The van der Waals surface area contributed by atoms with Crippen molar-refractivity contribution in [1.29, 1.82) is 0 Å². The molecular weight excluding hydrogens is 424 g/mol. The number of amides is 2. The van der Waals surface area contributed by atoms with E-state index in [-0.39, 0.29) is 18.4 Å². The maximum Gasteiger partial charge on any atom is 0.255 e. The third kappa shape index (κ3) is 5.16. The molecular formula is C19H22N6O3S2. The number of anilines is 1. The zero-order chi connectivity index (χ0) is 21.7. The minimum Gasteiger partial charge on any atom is -0.496 e. The first-order valence-corrected chi connectivity index (χ1v) is 10.8. The molecule has 2 aromatic heterocycles. The van der Waals surface area contributed by atoms with Crippen LogP contribution in [0.2, 0.25) is 0 Å². The Morgan fingerprint density at radius 1 is 1.30 bits per heavy atom. The average molecular weight is 447 g/mol. The molecule has 0 aliphatic heterocycles. The molecule has 3 aromatic rings. The van der Waals surface area contributed by atoms with Crippen LogP contribution in [0, 0.1) is 6.92 Å². The summed E-state index contributed by atoms with van der Waals surface area (Å²) in [5.74, 6) is 0.642. The van der Waals surface area contributed by atoms with E-state index in [0.717, 1.165) is 5.69 Å². The molecule has 0 saturated carbocycles. The summed E-state index contributed by atoms with van der Waals surface area (Å²) in [4.78, 5) is 29.1. The molecule has 2 heterocycles. The fourth-order valence-corrected chi connectivity index (χ4v) is 4.04. The van der Waals surface area contributed by atoms with Gasteiger partial charge in [0, 0.05) is 12.4 Å². The van der Waals surface area contributed by atoms with Crippen LogP contribution in [-0.2, 0) is 18.4 Å². The molecule has 30 heavy (non-hydrogen) atoms. The zero-order valence-electron chi connectivity index (χ0n) is 17.0. The Morgan fingerprint density at radius 2 is 2.07 bits per heavy atom. The highest BCUT2D eigenvalue weighted by Crippen LogP contribution is 2.24. The van der Waals surface area contributed by atoms with E-state index >= 15 is 0 Å². The van der Waals surface area contributed by atoms with Crippen LogP contribution in [0.25, 0.3) is 0 Å². The van der Waals surface area contributed by atoms with Crippen molar-refractivity contribution in [2.75, 3.05) is 12.4 Å². The van der Waals surface area contributed by atoms with E-state index in [9.17, 15) is 9.59 Å². The van der Waals surface area contributed by atoms with Gasteiger partial charge < -0.3 is 19.9 Å². The van der Waals surface area contributed by atoms with Crippen LogP contribution >= 0.6 is 23.1 Å². The Bertz CT molecular complexity index is 1050. The number of aromatic nitrogens is 4. The summed E-state index contributed by atoms with van der Waals surface area (Å²) in [5, 5.41) is 16.5. The number of aryl methyl sites for hydroxylation is 1. The van der Waals surface area contributed by atoms with Crippen molar-refractivity contribution >= 4 is 40.0 Å². The molecule has 158 valence electrons. The van der Waals surface area contributed by atoms with E-state index in [2.05, 4.69) is 25.8 Å². The Balaban J connectivity index is 1.58. The van der Waals surface area contributed by atoms with Crippen molar-refractivity contribution in [2.24, 2.45) is 7.05 Å². The van der Waals surface area contributed by atoms with E-state index in [1.54, 1.807) is 42.8 Å². The van der Waals surface area contributed by atoms with Gasteiger partial charge in [0.15, 0.2) is 16.1 Å². The van der Waals surface area contributed by atoms with Crippen molar-refractivity contribution in [3.63, 3.8) is 0 Å². The molecule has 9 nitrogen and oxygen atoms in total. The van der Waals surface area contributed by atoms with Gasteiger partial charge in [-0.1, -0.05) is 23.9 Å². The number of para-hydroxylation sites is 1. The summed E-state index contributed by atoms with van der Waals surface area (Å²) in [6.07, 6.45) is 0. The molecule has 1 atom stereocenters. The number of rotatable bonds is 8. The lowest BCUT2D eigenvalue weighted by molar-refractivity contribution is -0.115. The fraction of sp³-hybridized carbons (Fsp3) is 0.316. The smallest absolute Gasteiger partial charge is 0.255 e. The van der Waals surface area contributed by atoms with E-state index in [0.29, 0.717) is 27.4 Å². The molecule has 0 aliphatic rings. The van der Waals surface area contributed by atoms with Gasteiger partial charge in [0.05, 0.1) is 30.2 Å². The first-order valence-electron chi connectivity index (χ1n) is 9.08. The summed E-state index contributed by atoms with van der Waals surface area (Å²) in [5.41, 5.74) is 1.31. The minimum atomic E-state index is -0.395. The predicted octanol–water partition coefficient (Wildman–Crippen LogP) is 2.64. The topological polar surface area (TPSA) is 111 Å². The molecule has 3 rings (SSSR count). The van der Waals surface area contributed by atoms with Crippen molar-refractivity contribution in [3.05, 3.63) is 46.7 Å². The van der Waals surface area contributed by atoms with Gasteiger partial charge in [0.2, 0.25) is 5.91 Å². The lowest BCUT2D eigenvalue weighted by atomic mass is 10.2. The quantitative estimate of drug-likeness (QED) is 0.512. The van der Waals surface area contributed by atoms with Gasteiger partial charge in [-0.3, -0.25) is 9.59 Å². The maximum absolute atomic E-state index is 12.4. The van der Waals surface area contributed by atoms with Crippen LogP contribution in [0.15, 0.2) is 34.8 Å². The molecule has 1 aromatic carbocycles. The van der Waals surface area contributed by atoms with Crippen LogP contribution in [0.3, 0.4) is 0 Å². The van der Waals surface area contributed by atoms with Gasteiger partial charge in [-0.2, -0.15) is 0 Å². The normalized spacial score (nSPS) is 11.7. The largest absolute Gasteiger partial charge is 0.496 e. The highest BCUT2D eigenvalue weighted by molar-refractivity contribution is 8.00. The number of nitrogens with zero attached hydrogens (tertiary/aromatic N) is 4. The molecule has 0 saturated heterocycles. The summed E-state index contributed by atoms with van der Waals surface area (Å²) in [6.45, 7) is 3.86. The summed E-state index contributed by atoms with van der Waals surface area (Å²) < 4.78 is 6.97. The second kappa shape index (κ2) is 9.72. The van der Waals surface area contributed by atoms with E-state index < -0.39 is 5.25 Å². The molecule has 2 N–H and O–H groups in total. The Hall–Kier alpha value is -2.92. The summed E-state index contributed by atoms with van der Waals surface area (Å²) in [6, 6.07) is 6.99. The standard InChI is InChI=1S/C19H22N6O3S2/c1-11-10-29-18(21-11)22-16(26)12(2)30-19-24-23-15(25(19)3)9-20-17(27)13-7-5-6-8-14(13)28-4/h5-8,10,12H,9H2,1-4H3,(H,20,27)(H,21,22,26). The SMILES string of the molecule is COc1ccccc1C(=O)NCc1nnc(SC(C)C(=O)Nc2nc(C)cs2)n1C. The highest BCUT2D eigenvalue weighted by Gasteiger charge is 2.20. The molecule has 0 aliphatic carbocycles. The number of thioether (sulfide) groups is 1. The van der Waals surface area contributed by atoms with Crippen LogP contribution in [0.5, 0.6) is 5.75 Å². The lowest BCUT2D eigenvalue weighted by Crippen LogP contribution is -2.25. The molecule has 11 heteroatoms. The van der Waals surface area contributed by atoms with Crippen LogP contribution in [0.4, 0.5) is 5.13 Å². The molecule has 0 radical (unpaired) electrons. The number of nitrogens with one attached hydrogen (secondary N) is 2. The van der Waals surface area contributed by atoms with Crippen molar-refractivity contribution in [2.45, 2.75) is 30.8 Å². The molecule has 0 spiro atoms. The Kier molecular flexibility index (Phi) is 7.06. The van der Waals surface area contributed by atoms with Crippen LogP contribution in [0.1, 0.15) is 28.8 Å². The van der Waals surface area contributed by atoms with Gasteiger partial charge in [0.1, 0.15) is 5.75 Å². The summed E-state index contributed by atoms with van der Waals surface area (Å²) in [7, 11) is 3.31. The van der Waals surface area contributed by atoms with E-state index in [4.69, 9.17) is 4.74 Å². The van der Waals surface area contributed by atoms with Crippen molar-refractivity contribution in [3.8, 4) is 5.75 Å². The number of methoxy groups -OCH3 is 1. The van der Waals surface area contributed by atoms with Gasteiger partial charge >= 0.3 is 0 Å². The zero-order valence-corrected chi connectivity index (χ0v) is 18.6. The first-order chi connectivity index (χ1) is 14.4. The lowest BCUT2D eigenvalue weighted by Gasteiger charge is -2.11. The number of benzene rings is 1. The average Bonchev–Trinajstić information content (AvgIpc) is 3.31. The van der Waals surface area contributed by atoms with Gasteiger partial charge in [0.25, 0.3) is 5.91 Å². The van der Waals surface area contributed by atoms with Gasteiger partial charge in [-0.05, 0) is 26.0 Å². The molecule has 0 bridgehead atoms. The van der Waals surface area contributed by atoms with Gasteiger partial charge in [-0.15, -0.1) is 21.5 Å². The van der Waals surface area contributed by atoms with Crippen molar-refractivity contribution < 1.29 is 14.3 Å². The number of hydrogen-bond acceptors (Lipinski definition) is 8. The van der Waals surface area contributed by atoms with Crippen molar-refractivity contribution in [1.82, 2.24) is 25.1 Å². The molecule has 0 fully saturated rings. The monoisotopic (exact) mass is 446 g/mol. The fourth-order valence-electron chi connectivity index (χ4n) is 2.52. The molecule has 1 unspecified atom stereocenters. The number of hydrogen-bond donors (Lipinski definition) is 2. The third-order valence-electron chi connectivity index (χ3n) is 4.18. The summed E-state index contributed by atoms with van der Waals surface area (Å²) >= 11 is 2.67. The van der Waals surface area contributed by atoms with Crippen LogP contribution < -0.4 is 15.4 Å². The van der Waals surface area contributed by atoms with E-state index in [1.807, 2.05) is 12.3 Å². The van der Waals surface area contributed by atoms with E-state index in [1.165, 1.54) is 30.2 Å². The third-order valence-corrected chi connectivity index (χ3v) is 6.19. The second-order valence-corrected chi connectivity index (χ2v) is 8.55. The first kappa shape index (κ1) is 21.8. The Morgan fingerprint density at radius 3 is 2.77 bits per heavy atom. The number of thiazole rings is 1. The number of ether oxygens (including phenoxy) is 1. The number of carbonyl (C=O) groups excluding carboxylic acids is 2. The van der Waals surface area contributed by atoms with Crippen LogP contribution in [-0.4, -0.2) is 43.9 Å². The molecule has 2 amide bonds. The predicted molar refractivity (Wildman–Crippen MR) is 116 cm³/mol. The Labute approximate surface area is 182 Å². The highest BCUT2D eigenvalue weighted by atomic mass is 32.2. The maximum atomic E-state index is 12.4. The number of carbonyl (C=O) groups is 2.